The van der Waals surface area contributed by atoms with Gasteiger partial charge in [0.25, 0.3) is 0 Å². The van der Waals surface area contributed by atoms with Gasteiger partial charge in [0.05, 0.1) is 10.7 Å². The molecule has 0 unspecified atom stereocenters. The molecular weight excluding hydrogens is 357 g/mol. The van der Waals surface area contributed by atoms with Crippen LogP contribution in [0.25, 0.3) is 0 Å². The van der Waals surface area contributed by atoms with Crippen LogP contribution in [0.4, 0.5) is 19.1 Å². The maximum atomic E-state index is 12.0. The van der Waals surface area contributed by atoms with Crippen LogP contribution in [0.3, 0.4) is 0 Å². The Morgan fingerprint density at radius 2 is 1.76 bits per heavy atom. The average molecular weight is 365 g/mol. The van der Waals surface area contributed by atoms with E-state index in [-0.39, 0.29) is 23.3 Å². The zero-order valence-electron chi connectivity index (χ0n) is 10.2. The van der Waals surface area contributed by atoms with Crippen molar-refractivity contribution in [1.29, 1.82) is 0 Å². The number of nitrogens with two attached hydrogens (primary N) is 1. The number of alkyl halides is 3. The molecular formula is C11H8BrF3N4O2. The number of nitrogens with zero attached hydrogens (tertiary/aromatic N) is 2. The first kappa shape index (κ1) is 15.3. The molecule has 10 heteroatoms. The molecule has 0 saturated carbocycles. The Morgan fingerprint density at radius 3 is 2.33 bits per heavy atom. The van der Waals surface area contributed by atoms with E-state index in [4.69, 9.17) is 10.6 Å². The van der Waals surface area contributed by atoms with Gasteiger partial charge in [0, 0.05) is 0 Å². The predicted octanol–water partition coefficient (Wildman–Crippen LogP) is 3.22. The largest absolute Gasteiger partial charge is 0.573 e. The maximum Gasteiger partial charge on any atom is 0.573 e. The highest BCUT2D eigenvalue weighted by Gasteiger charge is 2.30. The highest BCUT2D eigenvalue weighted by molar-refractivity contribution is 9.10. The van der Waals surface area contributed by atoms with Gasteiger partial charge in [-0.05, 0) is 40.2 Å². The van der Waals surface area contributed by atoms with Gasteiger partial charge < -0.3 is 9.47 Å². The van der Waals surface area contributed by atoms with Crippen LogP contribution in [-0.2, 0) is 0 Å². The molecule has 0 aliphatic rings. The van der Waals surface area contributed by atoms with E-state index in [1.165, 1.54) is 18.3 Å². The molecule has 2 rings (SSSR count). The second-order valence-electron chi connectivity index (χ2n) is 3.61. The van der Waals surface area contributed by atoms with E-state index in [0.717, 1.165) is 12.1 Å². The standard InChI is InChI=1S/C11H8BrF3N4O2/c12-8-5-17-10(19-16)18-9(8)20-6-1-3-7(4-2-6)21-11(13,14)15/h1-5H,16H2,(H,17,18,19). The summed E-state index contributed by atoms with van der Waals surface area (Å²) in [5.74, 6) is 5.38. The SMILES string of the molecule is NNc1ncc(Br)c(Oc2ccc(OC(F)(F)F)cc2)n1. The molecule has 2 aromatic rings. The Morgan fingerprint density at radius 1 is 1.14 bits per heavy atom. The summed E-state index contributed by atoms with van der Waals surface area (Å²) in [5.41, 5.74) is 2.25. The number of nitrogens with one attached hydrogen (secondary N) is 1. The van der Waals surface area contributed by atoms with Crippen molar-refractivity contribution in [3.63, 3.8) is 0 Å². The molecule has 3 N–H and O–H groups in total. The molecule has 6 nitrogen and oxygen atoms in total. The molecule has 1 aromatic carbocycles. The number of rotatable bonds is 4. The third-order valence-corrected chi connectivity index (χ3v) is 2.66. The summed E-state index contributed by atoms with van der Waals surface area (Å²) in [5, 5.41) is 0. The molecule has 0 bridgehead atoms. The molecule has 1 aromatic heterocycles. The van der Waals surface area contributed by atoms with Crippen molar-refractivity contribution in [1.82, 2.24) is 9.97 Å². The van der Waals surface area contributed by atoms with Crippen LogP contribution >= 0.6 is 15.9 Å². The lowest BCUT2D eigenvalue weighted by Crippen LogP contribution is -2.16. The van der Waals surface area contributed by atoms with Gasteiger partial charge in [0.15, 0.2) is 0 Å². The molecule has 0 aliphatic heterocycles. The van der Waals surface area contributed by atoms with Gasteiger partial charge in [-0.1, -0.05) is 0 Å². The monoisotopic (exact) mass is 364 g/mol. The van der Waals surface area contributed by atoms with E-state index in [9.17, 15) is 13.2 Å². The fraction of sp³-hybridized carbons (Fsp3) is 0.0909. The Labute approximate surface area is 125 Å². The second-order valence-corrected chi connectivity index (χ2v) is 4.47. The van der Waals surface area contributed by atoms with Crippen molar-refractivity contribution in [3.05, 3.63) is 34.9 Å². The van der Waals surface area contributed by atoms with Crippen molar-refractivity contribution in [2.24, 2.45) is 5.84 Å². The summed E-state index contributed by atoms with van der Waals surface area (Å²) in [6.45, 7) is 0. The smallest absolute Gasteiger partial charge is 0.438 e. The number of benzene rings is 1. The van der Waals surface area contributed by atoms with Crippen LogP contribution in [0, 0.1) is 0 Å². The van der Waals surface area contributed by atoms with Gasteiger partial charge in [-0.3, -0.25) is 5.43 Å². The lowest BCUT2D eigenvalue weighted by molar-refractivity contribution is -0.274. The maximum absolute atomic E-state index is 12.0. The van der Waals surface area contributed by atoms with Crippen LogP contribution in [0.1, 0.15) is 0 Å². The topological polar surface area (TPSA) is 82.3 Å². The molecule has 0 saturated heterocycles. The van der Waals surface area contributed by atoms with Crippen molar-refractivity contribution < 1.29 is 22.6 Å². The van der Waals surface area contributed by atoms with E-state index in [1.807, 2.05) is 0 Å². The first-order valence-electron chi connectivity index (χ1n) is 5.40. The molecule has 0 fully saturated rings. The Hall–Kier alpha value is -2.07. The molecule has 0 atom stereocenters. The summed E-state index contributed by atoms with van der Waals surface area (Å²) in [6.07, 6.45) is -3.32. The molecule has 1 heterocycles. The molecule has 0 spiro atoms. The average Bonchev–Trinajstić information content (AvgIpc) is 2.42. The number of hydrogen-bond donors (Lipinski definition) is 2. The minimum absolute atomic E-state index is 0.130. The Kier molecular flexibility index (Phi) is 4.48. The number of ether oxygens (including phenoxy) is 2. The molecule has 21 heavy (non-hydrogen) atoms. The van der Waals surface area contributed by atoms with Crippen LogP contribution < -0.4 is 20.7 Å². The predicted molar refractivity (Wildman–Crippen MR) is 70.7 cm³/mol. The van der Waals surface area contributed by atoms with Crippen molar-refractivity contribution in [2.75, 3.05) is 5.43 Å². The second kappa shape index (κ2) is 6.14. The summed E-state index contributed by atoms with van der Waals surface area (Å²) in [4.78, 5) is 7.77. The zero-order valence-corrected chi connectivity index (χ0v) is 11.8. The molecule has 0 aliphatic carbocycles. The van der Waals surface area contributed by atoms with Crippen molar-refractivity contribution >= 4 is 21.9 Å². The van der Waals surface area contributed by atoms with Crippen LogP contribution in [0.5, 0.6) is 17.4 Å². The Balaban J connectivity index is 2.13. The van der Waals surface area contributed by atoms with Crippen LogP contribution in [0.2, 0.25) is 0 Å². The molecule has 0 amide bonds. The van der Waals surface area contributed by atoms with E-state index in [1.54, 1.807) is 0 Å². The third kappa shape index (κ3) is 4.46. The minimum Gasteiger partial charge on any atom is -0.438 e. The van der Waals surface area contributed by atoms with Crippen LogP contribution in [0.15, 0.2) is 34.9 Å². The number of hydrazine groups is 1. The van der Waals surface area contributed by atoms with E-state index in [2.05, 4.69) is 36.1 Å². The molecule has 112 valence electrons. The highest BCUT2D eigenvalue weighted by Crippen LogP contribution is 2.30. The summed E-state index contributed by atoms with van der Waals surface area (Å²) < 4.78 is 45.7. The first-order chi connectivity index (χ1) is 9.87. The van der Waals surface area contributed by atoms with E-state index >= 15 is 0 Å². The summed E-state index contributed by atoms with van der Waals surface area (Å²) in [7, 11) is 0. The number of nitrogen functional groups attached to an aromatic ring is 1. The van der Waals surface area contributed by atoms with Gasteiger partial charge in [-0.15, -0.1) is 13.2 Å². The van der Waals surface area contributed by atoms with Gasteiger partial charge in [0.1, 0.15) is 11.5 Å². The fourth-order valence-electron chi connectivity index (χ4n) is 1.31. The summed E-state index contributed by atoms with van der Waals surface area (Å²) >= 11 is 3.18. The number of aromatic nitrogens is 2. The minimum atomic E-state index is -4.74. The third-order valence-electron chi connectivity index (χ3n) is 2.11. The fourth-order valence-corrected chi connectivity index (χ4v) is 1.59. The number of anilines is 1. The van der Waals surface area contributed by atoms with Gasteiger partial charge in [-0.2, -0.15) is 4.98 Å². The zero-order chi connectivity index (χ0) is 15.5. The van der Waals surface area contributed by atoms with Gasteiger partial charge in [0.2, 0.25) is 11.8 Å². The quantitative estimate of drug-likeness (QED) is 0.640. The number of halogens is 4. The van der Waals surface area contributed by atoms with Crippen molar-refractivity contribution in [2.45, 2.75) is 6.36 Å². The van der Waals surface area contributed by atoms with E-state index in [0.29, 0.717) is 4.47 Å². The Bertz CT molecular complexity index is 622. The molecule has 0 radical (unpaired) electrons. The normalized spacial score (nSPS) is 11.1. The lowest BCUT2D eigenvalue weighted by Gasteiger charge is -2.10. The van der Waals surface area contributed by atoms with Gasteiger partial charge in [-0.25, -0.2) is 10.8 Å². The van der Waals surface area contributed by atoms with Crippen LogP contribution in [-0.4, -0.2) is 16.3 Å². The van der Waals surface area contributed by atoms with E-state index < -0.39 is 6.36 Å². The van der Waals surface area contributed by atoms with Crippen molar-refractivity contribution in [3.8, 4) is 17.4 Å². The summed E-state index contributed by atoms with van der Waals surface area (Å²) in [6, 6.07) is 4.87. The van der Waals surface area contributed by atoms with Gasteiger partial charge >= 0.3 is 6.36 Å². The highest BCUT2D eigenvalue weighted by atomic mass is 79.9. The number of hydrogen-bond acceptors (Lipinski definition) is 6. The lowest BCUT2D eigenvalue weighted by atomic mass is 10.3. The first-order valence-corrected chi connectivity index (χ1v) is 6.19.